The lowest BCUT2D eigenvalue weighted by atomic mass is 9.96. The average Bonchev–Trinajstić information content (AvgIpc) is 3.13. The van der Waals surface area contributed by atoms with Crippen LogP contribution >= 0.6 is 0 Å². The molecule has 3 heterocycles. The number of benzene rings is 1. The number of nitrogens with zero attached hydrogens (tertiary/aromatic N) is 4. The van der Waals surface area contributed by atoms with Gasteiger partial charge >= 0.3 is 0 Å². The van der Waals surface area contributed by atoms with Gasteiger partial charge < -0.3 is 14.8 Å². The van der Waals surface area contributed by atoms with E-state index in [9.17, 15) is 4.79 Å². The van der Waals surface area contributed by atoms with Crippen LogP contribution in [0.3, 0.4) is 0 Å². The standard InChI is InChI=1S/C22H27N5O/c1-15(2)27-19-9-5-4-8-18(19)25-21(27)17-7-6-12-26(14-17)22(28)16-10-11-24-20(13-16)23-3/h4-5,8-11,13,15,17H,6-7,12,14H2,1-3H3,(H,23,24). The van der Waals surface area contributed by atoms with Crippen molar-refractivity contribution in [3.05, 3.63) is 54.0 Å². The van der Waals surface area contributed by atoms with Crippen LogP contribution in [-0.4, -0.2) is 45.5 Å². The number of likely N-dealkylation sites (tertiary alicyclic amines) is 1. The Hall–Kier alpha value is -2.89. The molecule has 1 N–H and O–H groups in total. The normalized spacial score (nSPS) is 17.3. The van der Waals surface area contributed by atoms with Gasteiger partial charge in [0, 0.05) is 43.9 Å². The minimum atomic E-state index is 0.0656. The number of nitrogens with one attached hydrogen (secondary N) is 1. The first-order valence-corrected chi connectivity index (χ1v) is 9.98. The molecule has 3 aromatic rings. The van der Waals surface area contributed by atoms with E-state index in [1.807, 2.05) is 24.1 Å². The summed E-state index contributed by atoms with van der Waals surface area (Å²) in [5.74, 6) is 2.12. The predicted molar refractivity (Wildman–Crippen MR) is 112 cm³/mol. The van der Waals surface area contributed by atoms with Gasteiger partial charge in [-0.25, -0.2) is 9.97 Å². The summed E-state index contributed by atoms with van der Waals surface area (Å²) in [7, 11) is 1.81. The summed E-state index contributed by atoms with van der Waals surface area (Å²) >= 11 is 0. The number of carbonyl (C=O) groups excluding carboxylic acids is 1. The summed E-state index contributed by atoms with van der Waals surface area (Å²) in [6.45, 7) is 5.87. The second-order valence-electron chi connectivity index (χ2n) is 7.69. The van der Waals surface area contributed by atoms with Crippen molar-refractivity contribution in [3.8, 4) is 0 Å². The van der Waals surface area contributed by atoms with E-state index in [0.29, 0.717) is 24.0 Å². The zero-order chi connectivity index (χ0) is 19.7. The third-order valence-electron chi connectivity index (χ3n) is 5.48. The molecule has 28 heavy (non-hydrogen) atoms. The van der Waals surface area contributed by atoms with Gasteiger partial charge in [0.05, 0.1) is 11.0 Å². The Morgan fingerprint density at radius 1 is 1.25 bits per heavy atom. The first-order chi connectivity index (χ1) is 13.6. The molecule has 1 atom stereocenters. The fraction of sp³-hybridized carbons (Fsp3) is 0.409. The molecule has 1 amide bonds. The molecule has 0 aliphatic carbocycles. The molecule has 1 aromatic carbocycles. The first kappa shape index (κ1) is 18.5. The van der Waals surface area contributed by atoms with E-state index >= 15 is 0 Å². The number of aromatic nitrogens is 3. The van der Waals surface area contributed by atoms with Crippen molar-refractivity contribution in [1.82, 2.24) is 19.4 Å². The van der Waals surface area contributed by atoms with Crippen LogP contribution in [0.2, 0.25) is 0 Å². The number of piperidine rings is 1. The van der Waals surface area contributed by atoms with E-state index in [-0.39, 0.29) is 11.8 Å². The lowest BCUT2D eigenvalue weighted by Crippen LogP contribution is -2.39. The monoisotopic (exact) mass is 377 g/mol. The number of rotatable bonds is 4. The van der Waals surface area contributed by atoms with Gasteiger partial charge in [-0.1, -0.05) is 12.1 Å². The lowest BCUT2D eigenvalue weighted by molar-refractivity contribution is 0.0703. The largest absolute Gasteiger partial charge is 0.373 e. The van der Waals surface area contributed by atoms with Gasteiger partial charge in [-0.15, -0.1) is 0 Å². The molecule has 4 rings (SSSR count). The molecule has 1 saturated heterocycles. The van der Waals surface area contributed by atoms with Crippen LogP contribution in [0.1, 0.15) is 54.8 Å². The van der Waals surface area contributed by atoms with E-state index in [4.69, 9.17) is 4.98 Å². The third-order valence-corrected chi connectivity index (χ3v) is 5.48. The Bertz CT molecular complexity index is 994. The maximum atomic E-state index is 13.1. The molecule has 0 saturated carbocycles. The second-order valence-corrected chi connectivity index (χ2v) is 7.69. The fourth-order valence-corrected chi connectivity index (χ4v) is 4.15. The number of amides is 1. The minimum Gasteiger partial charge on any atom is -0.373 e. The topological polar surface area (TPSA) is 63.1 Å². The number of fused-ring (bicyclic) bond motifs is 1. The van der Waals surface area contributed by atoms with E-state index < -0.39 is 0 Å². The molecule has 1 aliphatic rings. The minimum absolute atomic E-state index is 0.0656. The molecular formula is C22H27N5O. The molecule has 2 aromatic heterocycles. The number of para-hydroxylation sites is 2. The van der Waals surface area contributed by atoms with E-state index in [1.165, 1.54) is 5.52 Å². The average molecular weight is 377 g/mol. The van der Waals surface area contributed by atoms with E-state index in [0.717, 1.165) is 30.7 Å². The Balaban J connectivity index is 1.63. The highest BCUT2D eigenvalue weighted by Crippen LogP contribution is 2.32. The summed E-state index contributed by atoms with van der Waals surface area (Å²) in [5.41, 5.74) is 2.88. The van der Waals surface area contributed by atoms with E-state index in [1.54, 1.807) is 12.3 Å². The van der Waals surface area contributed by atoms with Gasteiger partial charge in [-0.05, 0) is 51.0 Å². The zero-order valence-corrected chi connectivity index (χ0v) is 16.7. The van der Waals surface area contributed by atoms with Gasteiger partial charge in [0.1, 0.15) is 11.6 Å². The number of hydrogen-bond donors (Lipinski definition) is 1. The number of imidazole rings is 1. The molecule has 0 spiro atoms. The Kier molecular flexibility index (Phi) is 5.03. The predicted octanol–water partition coefficient (Wildman–Crippen LogP) is 4.07. The van der Waals surface area contributed by atoms with Crippen molar-refractivity contribution >= 4 is 22.8 Å². The number of pyridine rings is 1. The molecule has 1 unspecified atom stereocenters. The summed E-state index contributed by atoms with van der Waals surface area (Å²) in [6, 6.07) is 12.2. The van der Waals surface area contributed by atoms with Crippen molar-refractivity contribution in [2.45, 2.75) is 38.6 Å². The highest BCUT2D eigenvalue weighted by molar-refractivity contribution is 5.95. The van der Waals surface area contributed by atoms with Crippen LogP contribution in [0.4, 0.5) is 5.82 Å². The van der Waals surface area contributed by atoms with E-state index in [2.05, 4.69) is 46.9 Å². The number of anilines is 1. The maximum Gasteiger partial charge on any atom is 0.254 e. The quantitative estimate of drug-likeness (QED) is 0.744. The molecule has 6 heteroatoms. The molecule has 1 fully saturated rings. The second kappa shape index (κ2) is 7.62. The highest BCUT2D eigenvalue weighted by Gasteiger charge is 2.29. The van der Waals surface area contributed by atoms with Gasteiger partial charge in [-0.2, -0.15) is 0 Å². The summed E-state index contributed by atoms with van der Waals surface area (Å²) in [6.07, 6.45) is 3.72. The Morgan fingerprint density at radius 3 is 2.86 bits per heavy atom. The molecule has 0 radical (unpaired) electrons. The van der Waals surface area contributed by atoms with Gasteiger partial charge in [0.15, 0.2) is 0 Å². The van der Waals surface area contributed by atoms with Gasteiger partial charge in [0.2, 0.25) is 0 Å². The van der Waals surface area contributed by atoms with Crippen LogP contribution < -0.4 is 5.32 Å². The van der Waals surface area contributed by atoms with Crippen LogP contribution in [0, 0.1) is 0 Å². The number of carbonyl (C=O) groups is 1. The van der Waals surface area contributed by atoms with Crippen molar-refractivity contribution < 1.29 is 4.79 Å². The number of hydrogen-bond acceptors (Lipinski definition) is 4. The molecule has 0 bridgehead atoms. The van der Waals surface area contributed by atoms with Crippen molar-refractivity contribution in [1.29, 1.82) is 0 Å². The summed E-state index contributed by atoms with van der Waals surface area (Å²) in [4.78, 5) is 24.2. The first-order valence-electron chi connectivity index (χ1n) is 9.98. The third kappa shape index (κ3) is 3.35. The molecule has 146 valence electrons. The van der Waals surface area contributed by atoms with Crippen molar-refractivity contribution in [2.24, 2.45) is 0 Å². The van der Waals surface area contributed by atoms with Crippen LogP contribution in [0.15, 0.2) is 42.6 Å². The summed E-state index contributed by atoms with van der Waals surface area (Å²) < 4.78 is 2.33. The van der Waals surface area contributed by atoms with Crippen LogP contribution in [-0.2, 0) is 0 Å². The summed E-state index contributed by atoms with van der Waals surface area (Å²) in [5, 5.41) is 3.00. The molecule has 1 aliphatic heterocycles. The van der Waals surface area contributed by atoms with Crippen molar-refractivity contribution in [3.63, 3.8) is 0 Å². The van der Waals surface area contributed by atoms with Crippen molar-refractivity contribution in [2.75, 3.05) is 25.5 Å². The molecular weight excluding hydrogens is 350 g/mol. The lowest BCUT2D eigenvalue weighted by Gasteiger charge is -2.33. The maximum absolute atomic E-state index is 13.1. The van der Waals surface area contributed by atoms with Gasteiger partial charge in [0.25, 0.3) is 5.91 Å². The van der Waals surface area contributed by atoms with Gasteiger partial charge in [-0.3, -0.25) is 4.79 Å². The fourth-order valence-electron chi connectivity index (χ4n) is 4.15. The smallest absolute Gasteiger partial charge is 0.254 e. The Labute approximate surface area is 165 Å². The molecule has 6 nitrogen and oxygen atoms in total. The van der Waals surface area contributed by atoms with Crippen LogP contribution in [0.5, 0.6) is 0 Å². The SMILES string of the molecule is CNc1cc(C(=O)N2CCCC(c3nc4ccccc4n3C(C)C)C2)ccn1. The highest BCUT2D eigenvalue weighted by atomic mass is 16.2. The van der Waals surface area contributed by atoms with Crippen LogP contribution in [0.25, 0.3) is 11.0 Å². The zero-order valence-electron chi connectivity index (χ0n) is 16.7. The Morgan fingerprint density at radius 2 is 2.07 bits per heavy atom.